The summed E-state index contributed by atoms with van der Waals surface area (Å²) in [6.07, 6.45) is 0. The second-order valence-corrected chi connectivity index (χ2v) is 7.95. The van der Waals surface area contributed by atoms with Gasteiger partial charge in [0, 0.05) is 16.8 Å². The molecule has 0 radical (unpaired) electrons. The highest BCUT2D eigenvalue weighted by atomic mass is 35.5. The number of hydrogen-bond acceptors (Lipinski definition) is 6. The van der Waals surface area contributed by atoms with E-state index >= 15 is 0 Å². The third-order valence-electron chi connectivity index (χ3n) is 5.41. The van der Waals surface area contributed by atoms with E-state index in [1.54, 1.807) is 41.3 Å². The number of aliphatic hydroxyl groups excluding tert-OH is 1. The smallest absolute Gasteiger partial charge is 0.282 e. The highest BCUT2D eigenvalue weighted by Crippen LogP contribution is 2.42. The van der Waals surface area contributed by atoms with E-state index in [1.807, 2.05) is 0 Å². The molecule has 5 rings (SSSR count). The molecule has 3 heterocycles. The van der Waals surface area contributed by atoms with Gasteiger partial charge in [-0.15, -0.1) is 0 Å². The first kappa shape index (κ1) is 20.3. The number of halogens is 3. The van der Waals surface area contributed by atoms with Crippen molar-refractivity contribution in [2.45, 2.75) is 5.92 Å². The molecule has 32 heavy (non-hydrogen) atoms. The Balaban J connectivity index is 1.52. The highest BCUT2D eigenvalue weighted by molar-refractivity contribution is 6.38. The molecular weight excluding hydrogens is 444 g/mol. The molecule has 0 spiro atoms. The van der Waals surface area contributed by atoms with E-state index < -0.39 is 11.8 Å². The molecule has 2 aliphatic rings. The van der Waals surface area contributed by atoms with E-state index in [1.165, 1.54) is 13.2 Å². The van der Waals surface area contributed by atoms with Crippen LogP contribution in [0.2, 0.25) is 5.02 Å². The Morgan fingerprint density at radius 3 is 2.56 bits per heavy atom. The molecular formula is C22H16ClF2N3O4. The fraction of sp³-hybridized carbons (Fsp3) is 0.182. The molecule has 10 heteroatoms. The summed E-state index contributed by atoms with van der Waals surface area (Å²) in [6.45, 7) is -0.612. The van der Waals surface area contributed by atoms with Gasteiger partial charge in [-0.3, -0.25) is 4.79 Å². The Morgan fingerprint density at radius 1 is 1.22 bits per heavy atom. The number of rotatable bonds is 4. The quantitative estimate of drug-likeness (QED) is 0.429. The number of fused-ring (bicyclic) bond motifs is 1. The van der Waals surface area contributed by atoms with Gasteiger partial charge in [0.05, 0.1) is 42.5 Å². The minimum atomic E-state index is -2.65. The number of hydrogen-bond donors (Lipinski definition) is 2. The number of amides is 1. The van der Waals surface area contributed by atoms with Crippen LogP contribution in [0.5, 0.6) is 5.88 Å². The van der Waals surface area contributed by atoms with Crippen molar-refractivity contribution in [3.8, 4) is 17.0 Å². The van der Waals surface area contributed by atoms with Gasteiger partial charge in [-0.1, -0.05) is 23.7 Å². The van der Waals surface area contributed by atoms with Gasteiger partial charge < -0.3 is 24.6 Å². The van der Waals surface area contributed by atoms with Crippen LogP contribution >= 0.6 is 11.6 Å². The molecule has 0 aliphatic carbocycles. The van der Waals surface area contributed by atoms with Gasteiger partial charge in [0.1, 0.15) is 0 Å². The second-order valence-electron chi connectivity index (χ2n) is 7.55. The summed E-state index contributed by atoms with van der Waals surface area (Å²) in [4.78, 5) is 14.1. The number of nitrogens with zero attached hydrogens (tertiary/aromatic N) is 2. The molecule has 0 unspecified atom stereocenters. The minimum absolute atomic E-state index is 0.0103. The van der Waals surface area contributed by atoms with Gasteiger partial charge in [-0.25, -0.2) is 8.78 Å². The van der Waals surface area contributed by atoms with E-state index in [-0.39, 0.29) is 36.1 Å². The third kappa shape index (κ3) is 3.34. The van der Waals surface area contributed by atoms with E-state index in [0.717, 1.165) is 5.56 Å². The number of alkyl halides is 2. The van der Waals surface area contributed by atoms with Crippen molar-refractivity contribution in [3.63, 3.8) is 0 Å². The topological polar surface area (TPSA) is 87.8 Å². The number of nitrogens with one attached hydrogen (secondary N) is 1. The van der Waals surface area contributed by atoms with Crippen LogP contribution in [0, 0.1) is 0 Å². The van der Waals surface area contributed by atoms with Gasteiger partial charge in [0.25, 0.3) is 17.7 Å². The monoisotopic (exact) mass is 459 g/mol. The maximum absolute atomic E-state index is 13.1. The van der Waals surface area contributed by atoms with Crippen LogP contribution in [0.3, 0.4) is 0 Å². The molecule has 2 aliphatic heterocycles. The van der Waals surface area contributed by atoms with E-state index in [9.17, 15) is 18.7 Å². The molecule has 1 aromatic heterocycles. The number of ether oxygens (including phenoxy) is 1. The van der Waals surface area contributed by atoms with Crippen molar-refractivity contribution in [1.29, 1.82) is 0 Å². The number of aliphatic hydroxyl groups is 1. The van der Waals surface area contributed by atoms with Crippen LogP contribution in [-0.2, 0) is 4.79 Å². The Morgan fingerprint density at radius 2 is 1.94 bits per heavy atom. The van der Waals surface area contributed by atoms with Crippen LogP contribution in [-0.4, -0.2) is 42.3 Å². The van der Waals surface area contributed by atoms with Gasteiger partial charge in [-0.2, -0.15) is 0 Å². The van der Waals surface area contributed by atoms with Crippen molar-refractivity contribution in [2.24, 2.45) is 0 Å². The van der Waals surface area contributed by atoms with Crippen molar-refractivity contribution in [1.82, 2.24) is 5.16 Å². The van der Waals surface area contributed by atoms with Crippen LogP contribution in [0.1, 0.15) is 11.3 Å². The third-order valence-corrected chi connectivity index (χ3v) is 5.72. The first-order valence-corrected chi connectivity index (χ1v) is 9.96. The molecule has 1 fully saturated rings. The predicted molar refractivity (Wildman–Crippen MR) is 115 cm³/mol. The predicted octanol–water partition coefficient (Wildman–Crippen LogP) is 4.84. The number of aromatic nitrogens is 1. The molecule has 2 aromatic carbocycles. The standard InChI is InChI=1S/C22H16ClF2N3O4/c1-31-18-8-17(32-27-18)20(29)19-14-6-13(15(23)7-16(14)26-21(19)30)11-2-4-12(5-3-11)28-9-22(24,25)10-28/h2-8,29H,9-10H2,1H3,(H,26,30)/b20-19+. The van der Waals surface area contributed by atoms with Gasteiger partial charge in [0.2, 0.25) is 5.76 Å². The van der Waals surface area contributed by atoms with Crippen molar-refractivity contribution < 1.29 is 27.9 Å². The zero-order valence-corrected chi connectivity index (χ0v) is 17.4. The van der Waals surface area contributed by atoms with Crippen molar-refractivity contribution >= 4 is 40.2 Å². The molecule has 3 aromatic rings. The summed E-state index contributed by atoms with van der Waals surface area (Å²) >= 11 is 6.45. The lowest BCUT2D eigenvalue weighted by Gasteiger charge is -2.40. The fourth-order valence-corrected chi connectivity index (χ4v) is 4.06. The Kier molecular flexibility index (Phi) is 4.59. The largest absolute Gasteiger partial charge is 0.504 e. The molecule has 0 saturated carbocycles. The average molecular weight is 460 g/mol. The Hall–Kier alpha value is -3.59. The van der Waals surface area contributed by atoms with Crippen molar-refractivity contribution in [3.05, 3.63) is 58.8 Å². The summed E-state index contributed by atoms with van der Waals surface area (Å²) in [7, 11) is 1.40. The maximum atomic E-state index is 13.1. The summed E-state index contributed by atoms with van der Waals surface area (Å²) in [6, 6.07) is 11.7. The van der Waals surface area contributed by atoms with Crippen LogP contribution in [0.4, 0.5) is 20.2 Å². The zero-order valence-electron chi connectivity index (χ0n) is 16.7. The Labute approximate surface area is 185 Å². The molecule has 164 valence electrons. The van der Waals surface area contributed by atoms with Gasteiger partial charge in [-0.05, 0) is 35.0 Å². The highest BCUT2D eigenvalue weighted by Gasteiger charge is 2.43. The Bertz CT molecular complexity index is 1260. The molecule has 0 atom stereocenters. The average Bonchev–Trinajstić information content (AvgIpc) is 3.34. The number of anilines is 2. The van der Waals surface area contributed by atoms with Crippen LogP contribution in [0.15, 0.2) is 47.0 Å². The maximum Gasteiger partial charge on any atom is 0.282 e. The lowest BCUT2D eigenvalue weighted by atomic mass is 9.97. The van der Waals surface area contributed by atoms with Crippen molar-refractivity contribution in [2.75, 3.05) is 30.4 Å². The lowest BCUT2D eigenvalue weighted by molar-refractivity contribution is -0.110. The molecule has 7 nitrogen and oxygen atoms in total. The summed E-state index contributed by atoms with van der Waals surface area (Å²) < 4.78 is 36.3. The van der Waals surface area contributed by atoms with Gasteiger partial charge >= 0.3 is 0 Å². The molecule has 1 amide bonds. The number of methoxy groups -OCH3 is 1. The molecule has 1 saturated heterocycles. The summed E-state index contributed by atoms with van der Waals surface area (Å²) in [5.74, 6) is -3.43. The van der Waals surface area contributed by atoms with E-state index in [0.29, 0.717) is 27.5 Å². The normalized spacial score (nSPS) is 18.1. The SMILES string of the molecule is COc1cc(/C(O)=C2\C(=O)Nc3cc(Cl)c(-c4ccc(N5CC(F)(F)C5)cc4)cc32)on1. The summed E-state index contributed by atoms with van der Waals surface area (Å²) in [5, 5.41) is 17.4. The number of carbonyl (C=O) groups excluding carboxylic acids is 1. The second kappa shape index (κ2) is 7.23. The summed E-state index contributed by atoms with van der Waals surface area (Å²) in [5.41, 5.74) is 2.92. The first-order valence-electron chi connectivity index (χ1n) is 9.58. The lowest BCUT2D eigenvalue weighted by Crippen LogP contribution is -2.56. The van der Waals surface area contributed by atoms with E-state index in [4.69, 9.17) is 20.9 Å². The fourth-order valence-electron chi connectivity index (χ4n) is 3.78. The molecule has 2 N–H and O–H groups in total. The van der Waals surface area contributed by atoms with Gasteiger partial charge in [0.15, 0.2) is 5.76 Å². The number of benzene rings is 2. The first-order chi connectivity index (χ1) is 15.3. The number of carbonyl (C=O) groups is 1. The van der Waals surface area contributed by atoms with E-state index in [2.05, 4.69) is 10.5 Å². The van der Waals surface area contributed by atoms with Crippen LogP contribution in [0.25, 0.3) is 22.5 Å². The molecule has 0 bridgehead atoms. The minimum Gasteiger partial charge on any atom is -0.504 e. The zero-order chi connectivity index (χ0) is 22.6. The van der Waals surface area contributed by atoms with Crippen LogP contribution < -0.4 is 15.0 Å².